The Hall–Kier alpha value is -3.34. The molecule has 0 saturated heterocycles. The Labute approximate surface area is 137 Å². The van der Waals surface area contributed by atoms with Crippen molar-refractivity contribution in [1.29, 1.82) is 0 Å². The Morgan fingerprint density at radius 2 is 1.92 bits per heavy atom. The second kappa shape index (κ2) is 5.70. The molecule has 0 atom stereocenters. The summed E-state index contributed by atoms with van der Waals surface area (Å²) in [5, 5.41) is 10.3. The molecule has 0 aliphatic rings. The molecule has 0 aliphatic carbocycles. The minimum atomic E-state index is -0.939. The SMILES string of the molecule is O=C(O)c1cccc2ccn(Cc3coc(-c4ccccc4)n3)c12. The molecule has 2 aromatic heterocycles. The number of carbonyl (C=O) groups is 1. The second-order valence-electron chi connectivity index (χ2n) is 5.50. The largest absolute Gasteiger partial charge is 0.478 e. The third-order valence-electron chi connectivity index (χ3n) is 3.92. The predicted molar refractivity (Wildman–Crippen MR) is 89.9 cm³/mol. The predicted octanol–water partition coefficient (Wildman–Crippen LogP) is 4.04. The van der Waals surface area contributed by atoms with Crippen molar-refractivity contribution in [2.75, 3.05) is 0 Å². The van der Waals surface area contributed by atoms with Crippen molar-refractivity contribution in [1.82, 2.24) is 9.55 Å². The number of hydrogen-bond donors (Lipinski definition) is 1. The highest BCUT2D eigenvalue weighted by atomic mass is 16.4. The van der Waals surface area contributed by atoms with Crippen LogP contribution in [0.3, 0.4) is 0 Å². The summed E-state index contributed by atoms with van der Waals surface area (Å²) in [5.74, 6) is -0.383. The molecule has 5 heteroatoms. The Bertz CT molecular complexity index is 1020. The van der Waals surface area contributed by atoms with Crippen LogP contribution >= 0.6 is 0 Å². The van der Waals surface area contributed by atoms with Gasteiger partial charge in [0.05, 0.1) is 23.3 Å². The van der Waals surface area contributed by atoms with E-state index in [0.717, 1.165) is 16.6 Å². The monoisotopic (exact) mass is 318 g/mol. The first kappa shape index (κ1) is 14.3. The molecular weight excluding hydrogens is 304 g/mol. The van der Waals surface area contributed by atoms with Gasteiger partial charge in [-0.05, 0) is 24.3 Å². The molecule has 0 spiro atoms. The van der Waals surface area contributed by atoms with Gasteiger partial charge in [0, 0.05) is 17.1 Å². The number of aromatic nitrogens is 2. The third-order valence-corrected chi connectivity index (χ3v) is 3.92. The Balaban J connectivity index is 1.71. The van der Waals surface area contributed by atoms with Gasteiger partial charge in [0.1, 0.15) is 6.26 Å². The number of fused-ring (bicyclic) bond motifs is 1. The lowest BCUT2D eigenvalue weighted by Gasteiger charge is -2.05. The van der Waals surface area contributed by atoms with Crippen LogP contribution < -0.4 is 0 Å². The molecule has 0 aliphatic heterocycles. The fourth-order valence-electron chi connectivity index (χ4n) is 2.83. The van der Waals surface area contributed by atoms with Crippen molar-refractivity contribution in [3.05, 3.63) is 78.3 Å². The zero-order chi connectivity index (χ0) is 16.5. The number of para-hydroxylation sites is 1. The Morgan fingerprint density at radius 3 is 2.71 bits per heavy atom. The highest BCUT2D eigenvalue weighted by Gasteiger charge is 2.14. The van der Waals surface area contributed by atoms with Crippen LogP contribution in [0.25, 0.3) is 22.4 Å². The van der Waals surface area contributed by atoms with Crippen LogP contribution in [-0.2, 0) is 6.54 Å². The quantitative estimate of drug-likeness (QED) is 0.616. The minimum absolute atomic E-state index is 0.282. The van der Waals surface area contributed by atoms with Gasteiger partial charge >= 0.3 is 5.97 Å². The van der Waals surface area contributed by atoms with Gasteiger partial charge in [-0.1, -0.05) is 30.3 Å². The topological polar surface area (TPSA) is 68.3 Å². The summed E-state index contributed by atoms with van der Waals surface area (Å²) in [6.07, 6.45) is 3.48. The molecule has 0 unspecified atom stereocenters. The van der Waals surface area contributed by atoms with E-state index in [1.807, 2.05) is 53.2 Å². The Kier molecular flexibility index (Phi) is 3.39. The van der Waals surface area contributed by atoms with Gasteiger partial charge in [-0.15, -0.1) is 0 Å². The van der Waals surface area contributed by atoms with Crippen molar-refractivity contribution < 1.29 is 14.3 Å². The summed E-state index contributed by atoms with van der Waals surface area (Å²) in [6.45, 7) is 0.449. The van der Waals surface area contributed by atoms with E-state index in [2.05, 4.69) is 4.98 Å². The van der Waals surface area contributed by atoms with Crippen molar-refractivity contribution in [2.24, 2.45) is 0 Å². The van der Waals surface area contributed by atoms with E-state index in [-0.39, 0.29) is 5.56 Å². The molecule has 0 radical (unpaired) electrons. The minimum Gasteiger partial charge on any atom is -0.478 e. The van der Waals surface area contributed by atoms with Crippen LogP contribution in [0.5, 0.6) is 0 Å². The number of oxazole rings is 1. The van der Waals surface area contributed by atoms with E-state index >= 15 is 0 Å². The highest BCUT2D eigenvalue weighted by molar-refractivity contribution is 6.02. The lowest BCUT2D eigenvalue weighted by molar-refractivity contribution is 0.0698. The average molecular weight is 318 g/mol. The van der Waals surface area contributed by atoms with Crippen LogP contribution in [0.4, 0.5) is 0 Å². The van der Waals surface area contributed by atoms with Crippen LogP contribution in [0.15, 0.2) is 71.5 Å². The normalized spacial score (nSPS) is 11.0. The lowest BCUT2D eigenvalue weighted by atomic mass is 10.1. The fourth-order valence-corrected chi connectivity index (χ4v) is 2.83. The van der Waals surface area contributed by atoms with Crippen LogP contribution in [-0.4, -0.2) is 20.6 Å². The summed E-state index contributed by atoms with van der Waals surface area (Å²) in [7, 11) is 0. The fraction of sp³-hybridized carbons (Fsp3) is 0.0526. The van der Waals surface area contributed by atoms with E-state index < -0.39 is 5.97 Å². The van der Waals surface area contributed by atoms with Gasteiger partial charge in [-0.3, -0.25) is 0 Å². The summed E-state index contributed by atoms with van der Waals surface area (Å²) < 4.78 is 7.43. The first-order valence-corrected chi connectivity index (χ1v) is 7.53. The number of rotatable bonds is 4. The van der Waals surface area contributed by atoms with Crippen LogP contribution in [0, 0.1) is 0 Å². The molecule has 1 N–H and O–H groups in total. The number of carboxylic acid groups (broad SMARTS) is 1. The molecule has 0 fully saturated rings. The molecule has 118 valence electrons. The lowest BCUT2D eigenvalue weighted by Crippen LogP contribution is -2.04. The van der Waals surface area contributed by atoms with Crippen LogP contribution in [0.2, 0.25) is 0 Å². The molecule has 0 amide bonds. The van der Waals surface area contributed by atoms with Crippen molar-refractivity contribution >= 4 is 16.9 Å². The maximum absolute atomic E-state index is 11.5. The smallest absolute Gasteiger partial charge is 0.337 e. The number of hydrogen-bond acceptors (Lipinski definition) is 3. The van der Waals surface area contributed by atoms with Gasteiger partial charge in [0.25, 0.3) is 0 Å². The maximum atomic E-state index is 11.5. The number of carboxylic acids is 1. The highest BCUT2D eigenvalue weighted by Crippen LogP contribution is 2.23. The molecule has 24 heavy (non-hydrogen) atoms. The van der Waals surface area contributed by atoms with Crippen LogP contribution in [0.1, 0.15) is 16.1 Å². The summed E-state index contributed by atoms with van der Waals surface area (Å²) in [6, 6.07) is 16.8. The van der Waals surface area contributed by atoms with Gasteiger partial charge in [-0.2, -0.15) is 0 Å². The zero-order valence-electron chi connectivity index (χ0n) is 12.7. The van der Waals surface area contributed by atoms with E-state index in [9.17, 15) is 9.90 Å². The van der Waals surface area contributed by atoms with Gasteiger partial charge in [-0.25, -0.2) is 9.78 Å². The standard InChI is InChI=1S/C19H14N2O3/c22-19(23)16-8-4-7-13-9-10-21(17(13)16)11-15-12-24-18(20-15)14-5-2-1-3-6-14/h1-10,12H,11H2,(H,22,23). The van der Waals surface area contributed by atoms with Crippen molar-refractivity contribution in [2.45, 2.75) is 6.54 Å². The molecule has 4 aromatic rings. The molecule has 2 aromatic carbocycles. The van der Waals surface area contributed by atoms with Gasteiger partial charge in [0.15, 0.2) is 0 Å². The third kappa shape index (κ3) is 2.46. The summed E-state index contributed by atoms with van der Waals surface area (Å²) in [5.41, 5.74) is 2.62. The van der Waals surface area contributed by atoms with E-state index in [1.165, 1.54) is 0 Å². The average Bonchev–Trinajstić information content (AvgIpc) is 3.23. The summed E-state index contributed by atoms with van der Waals surface area (Å²) in [4.78, 5) is 16.0. The molecular formula is C19H14N2O3. The zero-order valence-corrected chi connectivity index (χ0v) is 12.7. The number of nitrogens with zero attached hydrogens (tertiary/aromatic N) is 2. The van der Waals surface area contributed by atoms with Gasteiger partial charge < -0.3 is 14.1 Å². The number of aromatic carboxylic acids is 1. The Morgan fingerprint density at radius 1 is 1.08 bits per heavy atom. The van der Waals surface area contributed by atoms with E-state index in [0.29, 0.717) is 18.0 Å². The first-order chi connectivity index (χ1) is 11.7. The van der Waals surface area contributed by atoms with Crippen molar-refractivity contribution in [3.63, 3.8) is 0 Å². The molecule has 2 heterocycles. The molecule has 4 rings (SSSR count). The first-order valence-electron chi connectivity index (χ1n) is 7.53. The number of benzene rings is 2. The maximum Gasteiger partial charge on any atom is 0.337 e. The van der Waals surface area contributed by atoms with E-state index in [1.54, 1.807) is 18.4 Å². The molecule has 0 saturated carbocycles. The summed E-state index contributed by atoms with van der Waals surface area (Å²) >= 11 is 0. The van der Waals surface area contributed by atoms with E-state index in [4.69, 9.17) is 4.42 Å². The molecule has 5 nitrogen and oxygen atoms in total. The van der Waals surface area contributed by atoms with Crippen molar-refractivity contribution in [3.8, 4) is 11.5 Å². The van der Waals surface area contributed by atoms with Gasteiger partial charge in [0.2, 0.25) is 5.89 Å². The molecule has 0 bridgehead atoms. The second-order valence-corrected chi connectivity index (χ2v) is 5.50.